The van der Waals surface area contributed by atoms with Crippen molar-refractivity contribution in [3.8, 4) is 0 Å². The van der Waals surface area contributed by atoms with Crippen molar-refractivity contribution in [3.63, 3.8) is 0 Å². The molecule has 3 nitrogen and oxygen atoms in total. The second-order valence-corrected chi connectivity index (χ2v) is 3.78. The third-order valence-electron chi connectivity index (χ3n) is 2.25. The molecule has 0 spiro atoms. The Hall–Kier alpha value is -0.570. The Morgan fingerprint density at radius 3 is 2.69 bits per heavy atom. The summed E-state index contributed by atoms with van der Waals surface area (Å²) in [6, 6.07) is 0.405. The van der Waals surface area contributed by atoms with Gasteiger partial charge in [0.1, 0.15) is 5.69 Å². The van der Waals surface area contributed by atoms with Crippen LogP contribution in [0.25, 0.3) is 0 Å². The molecule has 0 radical (unpaired) electrons. The molecular formula is C9H16ClN3. The van der Waals surface area contributed by atoms with Crippen molar-refractivity contribution in [2.75, 3.05) is 0 Å². The van der Waals surface area contributed by atoms with Gasteiger partial charge < -0.3 is 0 Å². The molecule has 1 heterocycles. The van der Waals surface area contributed by atoms with Gasteiger partial charge in [0, 0.05) is 0 Å². The van der Waals surface area contributed by atoms with E-state index in [0.29, 0.717) is 6.04 Å². The molecule has 2 atom stereocenters. The lowest BCUT2D eigenvalue weighted by Gasteiger charge is -2.06. The van der Waals surface area contributed by atoms with Gasteiger partial charge in [-0.1, -0.05) is 19.1 Å². The number of hydrogen-bond acceptors (Lipinski definition) is 2. The maximum Gasteiger partial charge on any atom is 0.101 e. The molecular weight excluding hydrogens is 186 g/mol. The Morgan fingerprint density at radius 1 is 1.46 bits per heavy atom. The molecule has 0 N–H and O–H groups in total. The quantitative estimate of drug-likeness (QED) is 0.702. The molecule has 1 aromatic heterocycles. The number of rotatable bonds is 4. The standard InChI is InChI=1S/C9H16ClN3/c1-4-7(3)13-6-9(11-12-13)8(10)5-2/h6-8H,4-5H2,1-3H3. The normalized spacial score (nSPS) is 15.7. The number of alkyl halides is 1. The van der Waals surface area contributed by atoms with Crippen molar-refractivity contribution in [2.45, 2.75) is 45.0 Å². The van der Waals surface area contributed by atoms with E-state index in [1.165, 1.54) is 0 Å². The molecule has 13 heavy (non-hydrogen) atoms. The minimum absolute atomic E-state index is 0.00203. The predicted molar refractivity (Wildman–Crippen MR) is 53.9 cm³/mol. The van der Waals surface area contributed by atoms with Gasteiger partial charge in [-0.15, -0.1) is 16.7 Å². The number of aromatic nitrogens is 3. The third kappa shape index (κ3) is 2.44. The summed E-state index contributed by atoms with van der Waals surface area (Å²) >= 11 is 6.04. The zero-order valence-electron chi connectivity index (χ0n) is 8.37. The van der Waals surface area contributed by atoms with E-state index in [1.807, 2.05) is 17.8 Å². The largest absolute Gasteiger partial charge is 0.249 e. The van der Waals surface area contributed by atoms with Crippen LogP contribution in [0.3, 0.4) is 0 Å². The highest BCUT2D eigenvalue weighted by Gasteiger charge is 2.11. The van der Waals surface area contributed by atoms with Gasteiger partial charge in [0.25, 0.3) is 0 Å². The van der Waals surface area contributed by atoms with E-state index < -0.39 is 0 Å². The van der Waals surface area contributed by atoms with Gasteiger partial charge in [-0.3, -0.25) is 0 Å². The van der Waals surface area contributed by atoms with Gasteiger partial charge in [0.05, 0.1) is 17.6 Å². The van der Waals surface area contributed by atoms with E-state index in [2.05, 4.69) is 24.2 Å². The summed E-state index contributed by atoms with van der Waals surface area (Å²) < 4.78 is 1.88. The van der Waals surface area contributed by atoms with Gasteiger partial charge in [0.2, 0.25) is 0 Å². The maximum absolute atomic E-state index is 6.04. The fourth-order valence-corrected chi connectivity index (χ4v) is 1.15. The molecule has 0 fully saturated rings. The van der Waals surface area contributed by atoms with Crippen LogP contribution in [0.15, 0.2) is 6.20 Å². The van der Waals surface area contributed by atoms with Gasteiger partial charge >= 0.3 is 0 Å². The lowest BCUT2D eigenvalue weighted by molar-refractivity contribution is 0.464. The molecule has 0 bridgehead atoms. The first-order chi connectivity index (χ1) is 6.19. The molecule has 4 heteroatoms. The van der Waals surface area contributed by atoms with Crippen molar-refractivity contribution < 1.29 is 0 Å². The highest BCUT2D eigenvalue weighted by atomic mass is 35.5. The molecule has 1 rings (SSSR count). The van der Waals surface area contributed by atoms with Gasteiger partial charge in [-0.05, 0) is 19.8 Å². The molecule has 0 saturated heterocycles. The van der Waals surface area contributed by atoms with Crippen molar-refractivity contribution in [1.82, 2.24) is 15.0 Å². The average molecular weight is 202 g/mol. The van der Waals surface area contributed by atoms with Crippen LogP contribution in [0.4, 0.5) is 0 Å². The van der Waals surface area contributed by atoms with E-state index in [-0.39, 0.29) is 5.38 Å². The highest BCUT2D eigenvalue weighted by molar-refractivity contribution is 6.20. The molecule has 0 aliphatic carbocycles. The number of hydrogen-bond donors (Lipinski definition) is 0. The molecule has 2 unspecified atom stereocenters. The smallest absolute Gasteiger partial charge is 0.101 e. The van der Waals surface area contributed by atoms with Crippen LogP contribution in [-0.4, -0.2) is 15.0 Å². The number of nitrogens with zero attached hydrogens (tertiary/aromatic N) is 3. The SMILES string of the molecule is CCC(Cl)c1cn(C(C)CC)nn1. The minimum Gasteiger partial charge on any atom is -0.249 e. The van der Waals surface area contributed by atoms with E-state index in [9.17, 15) is 0 Å². The molecule has 0 amide bonds. The molecule has 74 valence electrons. The summed E-state index contributed by atoms with van der Waals surface area (Å²) in [5.41, 5.74) is 0.879. The summed E-state index contributed by atoms with van der Waals surface area (Å²) in [6.07, 6.45) is 3.89. The zero-order chi connectivity index (χ0) is 9.84. The van der Waals surface area contributed by atoms with Crippen LogP contribution in [0.2, 0.25) is 0 Å². The Balaban J connectivity index is 2.74. The molecule has 0 aliphatic heterocycles. The van der Waals surface area contributed by atoms with Crippen molar-refractivity contribution >= 4 is 11.6 Å². The average Bonchev–Trinajstić information content (AvgIpc) is 2.64. The zero-order valence-corrected chi connectivity index (χ0v) is 9.12. The fraction of sp³-hybridized carbons (Fsp3) is 0.778. The van der Waals surface area contributed by atoms with Crippen LogP contribution >= 0.6 is 11.6 Å². The van der Waals surface area contributed by atoms with Gasteiger partial charge in [-0.2, -0.15) is 0 Å². The summed E-state index contributed by atoms with van der Waals surface area (Å²) in [4.78, 5) is 0. The molecule has 1 aromatic rings. The summed E-state index contributed by atoms with van der Waals surface area (Å²) in [5, 5.41) is 8.07. The van der Waals surface area contributed by atoms with Crippen molar-refractivity contribution in [3.05, 3.63) is 11.9 Å². The summed E-state index contributed by atoms with van der Waals surface area (Å²) in [6.45, 7) is 6.29. The first kappa shape index (κ1) is 10.5. The van der Waals surface area contributed by atoms with E-state index in [0.717, 1.165) is 18.5 Å². The Labute approximate surface area is 84.1 Å². The van der Waals surface area contributed by atoms with Crippen LogP contribution < -0.4 is 0 Å². The van der Waals surface area contributed by atoms with Crippen molar-refractivity contribution in [2.24, 2.45) is 0 Å². The molecule has 0 saturated carbocycles. The van der Waals surface area contributed by atoms with E-state index in [4.69, 9.17) is 11.6 Å². The van der Waals surface area contributed by atoms with Crippen LogP contribution in [0, 0.1) is 0 Å². The third-order valence-corrected chi connectivity index (χ3v) is 2.78. The first-order valence-electron chi connectivity index (χ1n) is 4.74. The highest BCUT2D eigenvalue weighted by Crippen LogP contribution is 2.22. The van der Waals surface area contributed by atoms with E-state index in [1.54, 1.807) is 0 Å². The van der Waals surface area contributed by atoms with E-state index >= 15 is 0 Å². The van der Waals surface area contributed by atoms with Crippen LogP contribution in [0.1, 0.15) is 50.7 Å². The van der Waals surface area contributed by atoms with Gasteiger partial charge in [0.15, 0.2) is 0 Å². The second kappa shape index (κ2) is 4.61. The second-order valence-electron chi connectivity index (χ2n) is 3.26. The summed E-state index contributed by atoms with van der Waals surface area (Å²) in [7, 11) is 0. The predicted octanol–water partition coefficient (Wildman–Crippen LogP) is 2.94. The van der Waals surface area contributed by atoms with Crippen LogP contribution in [-0.2, 0) is 0 Å². The Morgan fingerprint density at radius 2 is 2.15 bits per heavy atom. The van der Waals surface area contributed by atoms with Crippen LogP contribution in [0.5, 0.6) is 0 Å². The lowest BCUT2D eigenvalue weighted by Crippen LogP contribution is -2.03. The minimum atomic E-state index is -0.00203. The monoisotopic (exact) mass is 201 g/mol. The van der Waals surface area contributed by atoms with Crippen molar-refractivity contribution in [1.29, 1.82) is 0 Å². The lowest BCUT2D eigenvalue weighted by atomic mass is 10.2. The Bertz CT molecular complexity index is 235. The fourth-order valence-electron chi connectivity index (χ4n) is 1.05. The Kier molecular flexibility index (Phi) is 3.72. The topological polar surface area (TPSA) is 30.7 Å². The molecule has 0 aromatic carbocycles. The maximum atomic E-state index is 6.04. The number of halogens is 1. The summed E-state index contributed by atoms with van der Waals surface area (Å²) in [5.74, 6) is 0. The van der Waals surface area contributed by atoms with Gasteiger partial charge in [-0.25, -0.2) is 4.68 Å². The first-order valence-corrected chi connectivity index (χ1v) is 5.18. The molecule has 0 aliphatic rings.